The molecule has 0 heterocycles. The maximum atomic E-state index is 11.0. The first-order valence-corrected chi connectivity index (χ1v) is 3.13. The Balaban J connectivity index is 4.75. The van der Waals surface area contributed by atoms with Gasteiger partial charge in [0.25, 0.3) is 0 Å². The maximum Gasteiger partial charge on any atom is 0.464 e. The zero-order chi connectivity index (χ0) is 8.58. The van der Waals surface area contributed by atoms with Crippen LogP contribution in [0.1, 0.15) is 0 Å². The van der Waals surface area contributed by atoms with E-state index in [0.717, 1.165) is 0 Å². The Morgan fingerprint density at radius 3 is 1.60 bits per heavy atom. The van der Waals surface area contributed by atoms with E-state index >= 15 is 0 Å². The summed E-state index contributed by atoms with van der Waals surface area (Å²) in [6, 6.07) is 0. The van der Waals surface area contributed by atoms with E-state index < -0.39 is 21.4 Å². The van der Waals surface area contributed by atoms with Crippen LogP contribution < -0.4 is 0 Å². The molecule has 0 aromatic carbocycles. The maximum absolute atomic E-state index is 11.0. The molecular weight excluding hydrogens is 177 g/mol. The van der Waals surface area contributed by atoms with Crippen LogP contribution in [0.25, 0.3) is 0 Å². The molecule has 0 saturated carbocycles. The van der Waals surface area contributed by atoms with E-state index in [1.165, 1.54) is 0 Å². The van der Waals surface area contributed by atoms with Crippen LogP contribution in [0.2, 0.25) is 0 Å². The number of carbonyl (C=O) groups excluding carboxylic acids is 1. The van der Waals surface area contributed by atoms with E-state index in [2.05, 4.69) is 0 Å². The van der Waals surface area contributed by atoms with Crippen molar-refractivity contribution in [2.75, 3.05) is 0 Å². The van der Waals surface area contributed by atoms with Crippen molar-refractivity contribution in [3.05, 3.63) is 0 Å². The molecule has 0 fully saturated rings. The minimum absolute atomic E-state index is 3.26. The van der Waals surface area contributed by atoms with Gasteiger partial charge in [0.2, 0.25) is 0 Å². The van der Waals surface area contributed by atoms with Gasteiger partial charge in [-0.2, -0.15) is 13.2 Å². The lowest BCUT2D eigenvalue weighted by Crippen LogP contribution is -2.30. The molecule has 4 nitrogen and oxygen atoms in total. The van der Waals surface area contributed by atoms with Gasteiger partial charge < -0.3 is 4.55 Å². The average Bonchev–Trinajstić information content (AvgIpc) is 1.59. The average molecular weight is 177 g/mol. The second-order valence-corrected chi connectivity index (χ2v) is 2.52. The van der Waals surface area contributed by atoms with Gasteiger partial charge in [-0.3, -0.25) is 4.79 Å². The Bertz CT molecular complexity index is 236. The predicted molar refractivity (Wildman–Crippen MR) is 20.8 cm³/mol. The van der Waals surface area contributed by atoms with Gasteiger partial charge in [-0.25, -0.2) is 8.42 Å². The largest absolute Gasteiger partial charge is 0.742 e. The van der Waals surface area contributed by atoms with Gasteiger partial charge in [-0.05, 0) is 0 Å². The molecule has 0 bridgehead atoms. The standard InChI is InChI=1S/C2HF3O4S/c3-2(4,5)1(6)10(7,8)9/h(H,7,8,9)/p-1. The van der Waals surface area contributed by atoms with Crippen LogP contribution in [0.15, 0.2) is 0 Å². The van der Waals surface area contributed by atoms with Gasteiger partial charge in [0.1, 0.15) is 0 Å². The number of hydrogen-bond donors (Lipinski definition) is 0. The van der Waals surface area contributed by atoms with Crippen molar-refractivity contribution in [1.82, 2.24) is 0 Å². The van der Waals surface area contributed by atoms with Crippen LogP contribution in [0.4, 0.5) is 13.2 Å². The Labute approximate surface area is 53.4 Å². The molecule has 0 aliphatic rings. The Morgan fingerprint density at radius 1 is 1.30 bits per heavy atom. The van der Waals surface area contributed by atoms with Crippen LogP contribution in [-0.2, 0) is 14.9 Å². The summed E-state index contributed by atoms with van der Waals surface area (Å²) in [6.45, 7) is 0. The molecule has 0 N–H and O–H groups in total. The Kier molecular flexibility index (Phi) is 2.06. The number of carbonyl (C=O) groups is 1. The molecule has 10 heavy (non-hydrogen) atoms. The summed E-state index contributed by atoms with van der Waals surface area (Å²) in [5, 5.41) is -3.26. The van der Waals surface area contributed by atoms with Crippen LogP contribution in [0.3, 0.4) is 0 Å². The zero-order valence-electron chi connectivity index (χ0n) is 4.18. The molecule has 0 atom stereocenters. The van der Waals surface area contributed by atoms with Gasteiger partial charge in [0.15, 0.2) is 10.1 Å². The molecule has 0 unspecified atom stereocenters. The van der Waals surface area contributed by atoms with Crippen LogP contribution in [0.5, 0.6) is 0 Å². The molecule has 0 aliphatic heterocycles. The fourth-order valence-electron chi connectivity index (χ4n) is 0.142. The van der Waals surface area contributed by atoms with Gasteiger partial charge in [0, 0.05) is 0 Å². The monoisotopic (exact) mass is 177 g/mol. The number of rotatable bonds is 0. The lowest BCUT2D eigenvalue weighted by atomic mass is 10.8. The Hall–Kier alpha value is -0.630. The van der Waals surface area contributed by atoms with E-state index in [9.17, 15) is 30.9 Å². The summed E-state index contributed by atoms with van der Waals surface area (Å²) in [4.78, 5) is 9.46. The zero-order valence-corrected chi connectivity index (χ0v) is 4.99. The lowest BCUT2D eigenvalue weighted by Gasteiger charge is -2.06. The molecule has 0 saturated heterocycles. The SMILES string of the molecule is O=C(C(F)(F)F)S(=O)(=O)[O-]. The second kappa shape index (κ2) is 2.20. The van der Waals surface area contributed by atoms with Crippen LogP contribution >= 0.6 is 0 Å². The third-order valence-corrected chi connectivity index (χ3v) is 1.14. The highest BCUT2D eigenvalue weighted by molar-refractivity contribution is 8.01. The molecule has 60 valence electrons. The van der Waals surface area contributed by atoms with Crippen molar-refractivity contribution < 1.29 is 30.9 Å². The molecule has 0 rings (SSSR count). The highest BCUT2D eigenvalue weighted by Gasteiger charge is 2.42. The van der Waals surface area contributed by atoms with E-state index in [1.807, 2.05) is 0 Å². The van der Waals surface area contributed by atoms with E-state index in [4.69, 9.17) is 0 Å². The predicted octanol–water partition coefficient (Wildman–Crippen LogP) is -0.379. The van der Waals surface area contributed by atoms with Gasteiger partial charge in [-0.15, -0.1) is 0 Å². The number of halogens is 3. The molecule has 0 aromatic heterocycles. The minimum atomic E-state index is -5.87. The van der Waals surface area contributed by atoms with Crippen molar-refractivity contribution in [2.24, 2.45) is 0 Å². The lowest BCUT2D eigenvalue weighted by molar-refractivity contribution is -0.162. The fourth-order valence-corrected chi connectivity index (χ4v) is 0.425. The molecule has 0 radical (unpaired) electrons. The van der Waals surface area contributed by atoms with Crippen molar-refractivity contribution in [3.63, 3.8) is 0 Å². The molecule has 8 heteroatoms. The third-order valence-electron chi connectivity index (χ3n) is 0.459. The highest BCUT2D eigenvalue weighted by Crippen LogP contribution is 2.18. The quantitative estimate of drug-likeness (QED) is 0.472. The summed E-state index contributed by atoms with van der Waals surface area (Å²) in [5.74, 6) is 0. The van der Waals surface area contributed by atoms with E-state index in [0.29, 0.717) is 0 Å². The van der Waals surface area contributed by atoms with Crippen molar-refractivity contribution in [1.29, 1.82) is 0 Å². The smallest absolute Gasteiger partial charge is 0.464 e. The third kappa shape index (κ3) is 2.31. The van der Waals surface area contributed by atoms with E-state index in [-0.39, 0.29) is 0 Å². The number of alkyl halides is 3. The molecule has 0 spiro atoms. The summed E-state index contributed by atoms with van der Waals surface area (Å²) >= 11 is 0. The molecule has 0 aliphatic carbocycles. The second-order valence-electron chi connectivity index (χ2n) is 1.24. The normalized spacial score (nSPS) is 13.2. The molecular formula is C2F3O4S-. The highest BCUT2D eigenvalue weighted by atomic mass is 32.2. The van der Waals surface area contributed by atoms with E-state index in [1.54, 1.807) is 0 Å². The minimum Gasteiger partial charge on any atom is -0.742 e. The van der Waals surface area contributed by atoms with Crippen molar-refractivity contribution in [3.8, 4) is 0 Å². The molecule has 0 amide bonds. The summed E-state index contributed by atoms with van der Waals surface area (Å²) < 4.78 is 61.1. The fraction of sp³-hybridized carbons (Fsp3) is 0.500. The number of hydrogen-bond acceptors (Lipinski definition) is 4. The van der Waals surface area contributed by atoms with Gasteiger partial charge in [0.05, 0.1) is 0 Å². The first kappa shape index (κ1) is 9.37. The first-order chi connectivity index (χ1) is 4.15. The topological polar surface area (TPSA) is 74.3 Å². The summed E-state index contributed by atoms with van der Waals surface area (Å²) in [5.41, 5.74) is 0. The summed E-state index contributed by atoms with van der Waals surface area (Å²) in [7, 11) is -5.87. The van der Waals surface area contributed by atoms with Crippen molar-refractivity contribution in [2.45, 2.75) is 6.18 Å². The first-order valence-electron chi connectivity index (χ1n) is 1.73. The van der Waals surface area contributed by atoms with Gasteiger partial charge >= 0.3 is 11.3 Å². The Morgan fingerprint density at radius 2 is 1.60 bits per heavy atom. The molecule has 0 aromatic rings. The summed E-state index contributed by atoms with van der Waals surface area (Å²) in [6.07, 6.45) is -5.60. The van der Waals surface area contributed by atoms with Crippen molar-refractivity contribution >= 4 is 15.2 Å². The van der Waals surface area contributed by atoms with Crippen LogP contribution in [0, 0.1) is 0 Å². The van der Waals surface area contributed by atoms with Gasteiger partial charge in [-0.1, -0.05) is 0 Å². The van der Waals surface area contributed by atoms with Crippen LogP contribution in [-0.4, -0.2) is 24.3 Å².